The maximum absolute atomic E-state index is 14.7. The van der Waals surface area contributed by atoms with Gasteiger partial charge in [-0.05, 0) is 81.0 Å². The molecule has 0 aliphatic carbocycles. The third kappa shape index (κ3) is 19.3. The largest absolute Gasteiger partial charge is 0.379 e. The van der Waals surface area contributed by atoms with Crippen molar-refractivity contribution in [3.8, 4) is 0 Å². The zero-order valence-electron chi connectivity index (χ0n) is 48.2. The number of hydrogen-bond donors (Lipinski definition) is 4. The van der Waals surface area contributed by atoms with Gasteiger partial charge in [-0.2, -0.15) is 0 Å². The molecule has 0 bridgehead atoms. The topological polar surface area (TPSA) is 216 Å². The number of ether oxygens (including phenoxy) is 2. The van der Waals surface area contributed by atoms with E-state index < -0.39 is 36.3 Å². The number of methoxy groups -OCH3 is 2. The molecular weight excluding hydrogens is 993 g/mol. The molecule has 2 heterocycles. The van der Waals surface area contributed by atoms with Crippen molar-refractivity contribution in [2.45, 2.75) is 162 Å². The van der Waals surface area contributed by atoms with Crippen LogP contribution in [0.25, 0.3) is 6.08 Å². The monoisotopic (exact) mass is 1080 g/mol. The van der Waals surface area contributed by atoms with Gasteiger partial charge in [0.05, 0.1) is 48.7 Å². The van der Waals surface area contributed by atoms with Gasteiger partial charge in [0.1, 0.15) is 6.04 Å². The lowest BCUT2D eigenvalue weighted by molar-refractivity contribution is -0.148. The van der Waals surface area contributed by atoms with Crippen LogP contribution in [0.3, 0.4) is 0 Å². The van der Waals surface area contributed by atoms with Crippen molar-refractivity contribution in [1.29, 1.82) is 0 Å². The number of hydrogen-bond acceptors (Lipinski definition) is 11. The molecule has 18 heteroatoms. The number of hydrazine groups is 1. The molecule has 78 heavy (non-hydrogen) atoms. The van der Waals surface area contributed by atoms with E-state index in [0.717, 1.165) is 22.4 Å². The quantitative estimate of drug-likeness (QED) is 0.0387. The summed E-state index contributed by atoms with van der Waals surface area (Å²) >= 11 is 0. The Kier molecular flexibility index (Phi) is 26.9. The van der Waals surface area contributed by atoms with Crippen LogP contribution < -0.4 is 21.5 Å². The van der Waals surface area contributed by atoms with Crippen LogP contribution in [0.1, 0.15) is 124 Å². The molecule has 2 aliphatic rings. The van der Waals surface area contributed by atoms with E-state index in [0.29, 0.717) is 64.6 Å². The van der Waals surface area contributed by atoms with Gasteiger partial charge in [0.15, 0.2) is 0 Å². The van der Waals surface area contributed by atoms with E-state index in [4.69, 9.17) is 9.47 Å². The highest BCUT2D eigenvalue weighted by atomic mass is 16.5. The standard InChI is InChI=1S/C60H90N8O10/c1-12-42(6)56(48(77-10)39-53(73)67-37-22-28-47(67)57(78-11)43(7)58(74)61-46(38-45-26-18-14-19-27-45)32-31-44-24-16-13-17-25-44)66(9)60(76)54(40(2)3)62-59(75)55(41(4)5)65(8)35-23-30-50(70)64-63-49(69)29-20-15-21-36-68-51(71)33-34-52(68)72/h13-14,16-19,24-27,31-34,40-43,46-48,54-57H,12,15,20-23,28-30,35-39H2,1-11H3,(H,61,74)(H,62,75)(H,63,69)(H,64,70)/b32-31+/t42?,43?,46?,47-,48?,54?,55?,56?,57?/m0/s1. The summed E-state index contributed by atoms with van der Waals surface area (Å²) in [7, 11) is 6.65. The minimum atomic E-state index is -0.902. The van der Waals surface area contributed by atoms with Gasteiger partial charge >= 0.3 is 0 Å². The highest BCUT2D eigenvalue weighted by Gasteiger charge is 2.43. The summed E-state index contributed by atoms with van der Waals surface area (Å²) in [6.45, 7) is 14.7. The van der Waals surface area contributed by atoms with Crippen LogP contribution in [-0.4, -0.2) is 157 Å². The lowest BCUT2D eigenvalue weighted by Crippen LogP contribution is -2.60. The predicted octanol–water partition coefficient (Wildman–Crippen LogP) is 5.86. The summed E-state index contributed by atoms with van der Waals surface area (Å²) in [6.07, 6.45) is 10.2. The number of nitrogens with one attached hydrogen (secondary N) is 4. The highest BCUT2D eigenvalue weighted by molar-refractivity contribution is 6.12. The van der Waals surface area contributed by atoms with Crippen LogP contribution in [-0.2, 0) is 54.3 Å². The van der Waals surface area contributed by atoms with Gasteiger partial charge in [-0.25, -0.2) is 0 Å². The Morgan fingerprint density at radius 1 is 0.756 bits per heavy atom. The maximum Gasteiger partial charge on any atom is 0.253 e. The molecule has 8 unspecified atom stereocenters. The lowest BCUT2D eigenvalue weighted by atomic mass is 9.89. The first-order valence-electron chi connectivity index (χ1n) is 28.0. The maximum atomic E-state index is 14.7. The summed E-state index contributed by atoms with van der Waals surface area (Å²) in [4.78, 5) is 113. The molecule has 0 radical (unpaired) electrons. The second kappa shape index (κ2) is 32.6. The van der Waals surface area contributed by atoms with Gasteiger partial charge in [0.2, 0.25) is 35.4 Å². The Labute approximate surface area is 463 Å². The number of likely N-dealkylation sites (tertiary alicyclic amines) is 1. The normalized spacial score (nSPS) is 17.7. The van der Waals surface area contributed by atoms with E-state index in [1.54, 1.807) is 33.2 Å². The number of unbranched alkanes of at least 4 members (excludes halogenated alkanes) is 2. The third-order valence-electron chi connectivity index (χ3n) is 15.3. The summed E-state index contributed by atoms with van der Waals surface area (Å²) in [5, 5.41) is 6.33. The van der Waals surface area contributed by atoms with Crippen LogP contribution in [0.2, 0.25) is 0 Å². The molecule has 4 rings (SSSR count). The van der Waals surface area contributed by atoms with Crippen LogP contribution in [0, 0.1) is 23.7 Å². The van der Waals surface area contributed by atoms with E-state index in [1.165, 1.54) is 12.2 Å². The Bertz CT molecular complexity index is 2310. The Morgan fingerprint density at radius 3 is 1.95 bits per heavy atom. The number of nitrogens with zero attached hydrogens (tertiary/aromatic N) is 4. The number of carbonyl (C=O) groups is 8. The minimum Gasteiger partial charge on any atom is -0.379 e. The summed E-state index contributed by atoms with van der Waals surface area (Å²) in [5.41, 5.74) is 6.99. The van der Waals surface area contributed by atoms with Crippen LogP contribution in [0.5, 0.6) is 0 Å². The van der Waals surface area contributed by atoms with Crippen molar-refractivity contribution in [2.24, 2.45) is 23.7 Å². The van der Waals surface area contributed by atoms with Crippen LogP contribution in [0.15, 0.2) is 78.9 Å². The zero-order chi connectivity index (χ0) is 57.5. The predicted molar refractivity (Wildman–Crippen MR) is 302 cm³/mol. The summed E-state index contributed by atoms with van der Waals surface area (Å²) in [6, 6.07) is 17.2. The number of amides is 8. The van der Waals surface area contributed by atoms with E-state index in [-0.39, 0.29) is 96.4 Å². The number of likely N-dealkylation sites (N-methyl/N-ethyl adjacent to an activating group) is 2. The van der Waals surface area contributed by atoms with Crippen molar-refractivity contribution in [3.63, 3.8) is 0 Å². The molecule has 0 spiro atoms. The number of imide groups is 1. The van der Waals surface area contributed by atoms with Crippen molar-refractivity contribution < 1.29 is 47.8 Å². The van der Waals surface area contributed by atoms with E-state index >= 15 is 0 Å². The Hall–Kier alpha value is -6.24. The van der Waals surface area contributed by atoms with Gasteiger partial charge in [0.25, 0.3) is 11.8 Å². The second-order valence-electron chi connectivity index (χ2n) is 21.7. The number of carbonyl (C=O) groups excluding carboxylic acids is 8. The zero-order valence-corrected chi connectivity index (χ0v) is 48.2. The average Bonchev–Trinajstić information content (AvgIpc) is 4.03. The average molecular weight is 1080 g/mol. The van der Waals surface area contributed by atoms with Crippen molar-refractivity contribution >= 4 is 53.3 Å². The molecule has 1 fully saturated rings. The fourth-order valence-electron chi connectivity index (χ4n) is 10.7. The molecule has 2 aromatic rings. The molecule has 8 amide bonds. The molecule has 0 saturated carbocycles. The molecule has 0 aromatic heterocycles. The third-order valence-corrected chi connectivity index (χ3v) is 15.3. The van der Waals surface area contributed by atoms with Gasteiger partial charge < -0.3 is 29.9 Å². The molecule has 18 nitrogen and oxygen atoms in total. The highest BCUT2D eigenvalue weighted by Crippen LogP contribution is 2.30. The van der Waals surface area contributed by atoms with E-state index in [9.17, 15) is 38.4 Å². The first kappa shape index (κ1) is 64.3. The molecule has 430 valence electrons. The molecular formula is C60H90N8O10. The molecule has 1 saturated heterocycles. The van der Waals surface area contributed by atoms with Crippen LogP contribution >= 0.6 is 0 Å². The Balaban J connectivity index is 1.34. The summed E-state index contributed by atoms with van der Waals surface area (Å²) < 4.78 is 12.2. The van der Waals surface area contributed by atoms with Crippen molar-refractivity contribution in [1.82, 2.24) is 41.1 Å². The second-order valence-corrected chi connectivity index (χ2v) is 21.7. The van der Waals surface area contributed by atoms with E-state index in [2.05, 4.69) is 21.5 Å². The molecule has 2 aliphatic heterocycles. The van der Waals surface area contributed by atoms with Gasteiger partial charge in [-0.15, -0.1) is 0 Å². The summed E-state index contributed by atoms with van der Waals surface area (Å²) in [5.74, 6) is -3.53. The first-order valence-corrected chi connectivity index (χ1v) is 28.0. The minimum absolute atomic E-state index is 0.0174. The van der Waals surface area contributed by atoms with E-state index in [1.807, 2.05) is 131 Å². The fourth-order valence-corrected chi connectivity index (χ4v) is 10.7. The first-order chi connectivity index (χ1) is 37.2. The number of rotatable bonds is 32. The molecule has 9 atom stereocenters. The van der Waals surface area contributed by atoms with Crippen molar-refractivity contribution in [2.75, 3.05) is 47.9 Å². The number of benzene rings is 2. The van der Waals surface area contributed by atoms with Crippen molar-refractivity contribution in [3.05, 3.63) is 90.0 Å². The van der Waals surface area contributed by atoms with Gasteiger partial charge in [-0.3, -0.25) is 59.0 Å². The smallest absolute Gasteiger partial charge is 0.253 e. The SMILES string of the molecule is CCC(C)C(C(CC(=O)N1CCC[C@H]1C(OC)C(C)C(=O)NC(/C=C/c1ccccc1)Cc1ccccc1)OC)N(C)C(=O)C(NC(=O)C(C(C)C)N(C)CCCC(=O)NNC(=O)CCCCCN1C(=O)C=CC1=O)C(C)C. The lowest BCUT2D eigenvalue weighted by Gasteiger charge is -2.41. The van der Waals surface area contributed by atoms with Gasteiger partial charge in [0, 0.05) is 59.4 Å². The Morgan fingerprint density at radius 2 is 1.37 bits per heavy atom. The molecule has 4 N–H and O–H groups in total. The molecule has 2 aromatic carbocycles. The van der Waals surface area contributed by atoms with Gasteiger partial charge in [-0.1, -0.05) is 134 Å². The van der Waals surface area contributed by atoms with Crippen LogP contribution in [0.4, 0.5) is 0 Å². The fraction of sp³-hybridized carbons (Fsp3) is 0.600.